The Morgan fingerprint density at radius 1 is 0.857 bits per heavy atom. The number of nitrogens with one attached hydrogen (secondary N) is 1. The van der Waals surface area contributed by atoms with Gasteiger partial charge in [-0.15, -0.1) is 0 Å². The highest BCUT2D eigenvalue weighted by atomic mass is 32.2. The molecule has 0 unspecified atom stereocenters. The quantitative estimate of drug-likeness (QED) is 0.728. The lowest BCUT2D eigenvalue weighted by atomic mass is 10.1. The summed E-state index contributed by atoms with van der Waals surface area (Å²) in [6.07, 6.45) is -9.29. The number of hydrogen-bond acceptors (Lipinski definition) is 3. The smallest absolute Gasteiger partial charge is 0.325 e. The van der Waals surface area contributed by atoms with E-state index in [1.54, 1.807) is 0 Å². The third kappa shape index (κ3) is 6.25. The molecule has 4 nitrogen and oxygen atoms in total. The van der Waals surface area contributed by atoms with Gasteiger partial charge < -0.3 is 5.32 Å². The highest BCUT2D eigenvalue weighted by Crippen LogP contribution is 2.31. The molecule has 0 spiro atoms. The highest BCUT2D eigenvalue weighted by molar-refractivity contribution is 7.91. The van der Waals surface area contributed by atoms with E-state index in [2.05, 4.69) is 0 Å². The fourth-order valence-electron chi connectivity index (χ4n) is 2.31. The number of carbonyl (C=O) groups is 1. The van der Waals surface area contributed by atoms with E-state index in [1.807, 2.05) is 5.32 Å². The van der Waals surface area contributed by atoms with Gasteiger partial charge in [0.25, 0.3) is 0 Å². The molecule has 152 valence electrons. The Labute approximate surface area is 156 Å². The minimum atomic E-state index is -4.65. The molecule has 2 aromatic rings. The van der Waals surface area contributed by atoms with Crippen molar-refractivity contribution in [2.45, 2.75) is 18.1 Å². The van der Waals surface area contributed by atoms with Crippen LogP contribution in [0, 0.1) is 0 Å². The SMILES string of the molecule is O=C(CS(=O)(=O)Cc1cccc(C(F)(F)F)c1)Nc1cccc(C(F)(F)F)c1. The lowest BCUT2D eigenvalue weighted by molar-refractivity contribution is -0.138. The van der Waals surface area contributed by atoms with Crippen LogP contribution in [-0.2, 0) is 32.7 Å². The van der Waals surface area contributed by atoms with E-state index in [0.717, 1.165) is 36.4 Å². The second-order valence-corrected chi connectivity index (χ2v) is 7.92. The number of amides is 1. The molecule has 11 heteroatoms. The van der Waals surface area contributed by atoms with Crippen molar-refractivity contribution >= 4 is 21.4 Å². The molecule has 0 aliphatic heterocycles. The summed E-state index contributed by atoms with van der Waals surface area (Å²) < 4.78 is 100. The van der Waals surface area contributed by atoms with Gasteiger partial charge in [0.2, 0.25) is 5.91 Å². The molecule has 0 fully saturated rings. The molecule has 28 heavy (non-hydrogen) atoms. The van der Waals surface area contributed by atoms with Crippen LogP contribution in [-0.4, -0.2) is 20.1 Å². The van der Waals surface area contributed by atoms with Gasteiger partial charge >= 0.3 is 12.4 Å². The zero-order chi connectivity index (χ0) is 21.2. The van der Waals surface area contributed by atoms with Gasteiger partial charge in [-0.05, 0) is 29.8 Å². The highest BCUT2D eigenvalue weighted by Gasteiger charge is 2.31. The number of carbonyl (C=O) groups excluding carboxylic acids is 1. The fraction of sp³-hybridized carbons (Fsp3) is 0.235. The average Bonchev–Trinajstić information content (AvgIpc) is 2.52. The first-order valence-corrected chi connectivity index (χ1v) is 9.42. The lowest BCUT2D eigenvalue weighted by Gasteiger charge is -2.11. The maximum atomic E-state index is 12.7. The fourth-order valence-corrected chi connectivity index (χ4v) is 3.57. The van der Waals surface area contributed by atoms with E-state index in [9.17, 15) is 39.6 Å². The number of sulfone groups is 1. The van der Waals surface area contributed by atoms with Gasteiger partial charge in [0.15, 0.2) is 9.84 Å². The van der Waals surface area contributed by atoms with E-state index in [-0.39, 0.29) is 11.3 Å². The van der Waals surface area contributed by atoms with Crippen LogP contribution in [0.2, 0.25) is 0 Å². The van der Waals surface area contributed by atoms with E-state index >= 15 is 0 Å². The van der Waals surface area contributed by atoms with Crippen LogP contribution in [0.3, 0.4) is 0 Å². The average molecular weight is 425 g/mol. The molecule has 0 saturated heterocycles. The second-order valence-electron chi connectivity index (χ2n) is 5.86. The molecule has 0 heterocycles. The van der Waals surface area contributed by atoms with Crippen LogP contribution in [0.4, 0.5) is 32.0 Å². The molecule has 2 aromatic carbocycles. The molecule has 0 aliphatic carbocycles. The Kier molecular flexibility index (Phi) is 6.07. The molecule has 0 bridgehead atoms. The van der Waals surface area contributed by atoms with Crippen LogP contribution in [0.1, 0.15) is 16.7 Å². The summed E-state index contributed by atoms with van der Waals surface area (Å²) in [6.45, 7) is 0. The molecular formula is C17H13F6NO3S. The zero-order valence-electron chi connectivity index (χ0n) is 13.9. The lowest BCUT2D eigenvalue weighted by Crippen LogP contribution is -2.24. The van der Waals surface area contributed by atoms with Gasteiger partial charge in [0.05, 0.1) is 16.9 Å². The Morgan fingerprint density at radius 3 is 1.96 bits per heavy atom. The zero-order valence-corrected chi connectivity index (χ0v) is 14.8. The summed E-state index contributed by atoms with van der Waals surface area (Å²) in [5, 5.41) is 2.03. The Morgan fingerprint density at radius 2 is 1.39 bits per heavy atom. The first-order chi connectivity index (χ1) is 12.8. The number of rotatable bonds is 5. The minimum Gasteiger partial charge on any atom is -0.325 e. The summed E-state index contributed by atoms with van der Waals surface area (Å²) >= 11 is 0. The first-order valence-electron chi connectivity index (χ1n) is 7.60. The summed E-state index contributed by atoms with van der Waals surface area (Å²) in [4.78, 5) is 11.9. The Bertz CT molecular complexity index is 967. The van der Waals surface area contributed by atoms with Crippen molar-refractivity contribution in [3.05, 3.63) is 65.2 Å². The van der Waals surface area contributed by atoms with Gasteiger partial charge in [-0.2, -0.15) is 26.3 Å². The number of hydrogen-bond donors (Lipinski definition) is 1. The van der Waals surface area contributed by atoms with E-state index in [1.165, 1.54) is 0 Å². The standard InChI is InChI=1S/C17H13F6NO3S/c18-16(19,20)12-4-1-3-11(7-12)9-28(26,27)10-15(25)24-14-6-2-5-13(8-14)17(21,22)23/h1-8H,9-10H2,(H,24,25). The van der Waals surface area contributed by atoms with E-state index in [4.69, 9.17) is 0 Å². The molecule has 0 aliphatic rings. The van der Waals surface area contributed by atoms with Crippen molar-refractivity contribution in [3.63, 3.8) is 0 Å². The van der Waals surface area contributed by atoms with Crippen LogP contribution >= 0.6 is 0 Å². The molecule has 2 rings (SSSR count). The van der Waals surface area contributed by atoms with Crippen molar-refractivity contribution in [1.82, 2.24) is 0 Å². The minimum absolute atomic E-state index is 0.165. The summed E-state index contributed by atoms with van der Waals surface area (Å²) in [5.41, 5.74) is -2.48. The van der Waals surface area contributed by atoms with Gasteiger partial charge in [0, 0.05) is 5.69 Å². The van der Waals surface area contributed by atoms with E-state index < -0.39 is 50.7 Å². The van der Waals surface area contributed by atoms with Gasteiger partial charge in [-0.25, -0.2) is 8.42 Å². The molecule has 1 N–H and O–H groups in total. The third-order valence-electron chi connectivity index (χ3n) is 3.47. The summed E-state index contributed by atoms with van der Waals surface area (Å²) in [6, 6.07) is 7.23. The third-order valence-corrected chi connectivity index (χ3v) is 4.94. The summed E-state index contributed by atoms with van der Waals surface area (Å²) in [5.74, 6) is -3.03. The topological polar surface area (TPSA) is 63.2 Å². The van der Waals surface area contributed by atoms with Gasteiger partial charge in [-0.1, -0.05) is 24.3 Å². The molecular weight excluding hydrogens is 412 g/mol. The first kappa shape index (κ1) is 21.7. The predicted molar refractivity (Wildman–Crippen MR) is 89.0 cm³/mol. The van der Waals surface area contributed by atoms with Crippen molar-refractivity contribution in [3.8, 4) is 0 Å². The van der Waals surface area contributed by atoms with Gasteiger partial charge in [0.1, 0.15) is 5.75 Å². The van der Waals surface area contributed by atoms with Crippen molar-refractivity contribution in [2.24, 2.45) is 0 Å². The molecule has 0 saturated carbocycles. The van der Waals surface area contributed by atoms with Crippen molar-refractivity contribution in [1.29, 1.82) is 0 Å². The number of halogens is 6. The molecule has 0 atom stereocenters. The van der Waals surface area contributed by atoms with Crippen LogP contribution in [0.5, 0.6) is 0 Å². The molecule has 0 aromatic heterocycles. The maximum absolute atomic E-state index is 12.7. The van der Waals surface area contributed by atoms with Gasteiger partial charge in [-0.3, -0.25) is 4.79 Å². The molecule has 0 radical (unpaired) electrons. The number of benzene rings is 2. The predicted octanol–water partition coefficient (Wildman–Crippen LogP) is 4.28. The molecule has 1 amide bonds. The van der Waals surface area contributed by atoms with Crippen LogP contribution < -0.4 is 5.32 Å². The van der Waals surface area contributed by atoms with Crippen molar-refractivity contribution < 1.29 is 39.6 Å². The van der Waals surface area contributed by atoms with Crippen LogP contribution in [0.25, 0.3) is 0 Å². The van der Waals surface area contributed by atoms with Crippen LogP contribution in [0.15, 0.2) is 48.5 Å². The number of alkyl halides is 6. The monoisotopic (exact) mass is 425 g/mol. The Hall–Kier alpha value is -2.56. The van der Waals surface area contributed by atoms with E-state index in [0.29, 0.717) is 12.1 Å². The van der Waals surface area contributed by atoms with Crippen molar-refractivity contribution in [2.75, 3.05) is 11.1 Å². The number of anilines is 1. The Balaban J connectivity index is 2.07. The largest absolute Gasteiger partial charge is 0.416 e. The normalized spacial score (nSPS) is 12.6. The second kappa shape index (κ2) is 7.82. The maximum Gasteiger partial charge on any atom is 0.416 e. The summed E-state index contributed by atoms with van der Waals surface area (Å²) in [7, 11) is -4.16.